The highest BCUT2D eigenvalue weighted by Gasteiger charge is 2.33. The summed E-state index contributed by atoms with van der Waals surface area (Å²) in [6.07, 6.45) is -2.70. The summed E-state index contributed by atoms with van der Waals surface area (Å²) in [5, 5.41) is 6.38. The maximum atomic E-state index is 13.1. The van der Waals surface area contributed by atoms with E-state index in [-0.39, 0.29) is 31.1 Å². The topological polar surface area (TPSA) is 92.5 Å². The number of para-hydroxylation sites is 1. The zero-order valence-corrected chi connectivity index (χ0v) is 17.9. The van der Waals surface area contributed by atoms with Crippen molar-refractivity contribution >= 4 is 23.3 Å². The van der Waals surface area contributed by atoms with Gasteiger partial charge in [-0.2, -0.15) is 23.3 Å². The van der Waals surface area contributed by atoms with Crippen molar-refractivity contribution in [2.45, 2.75) is 39.8 Å². The molecule has 3 rings (SSSR count). The van der Waals surface area contributed by atoms with E-state index >= 15 is 0 Å². The Morgan fingerprint density at radius 3 is 2.59 bits per heavy atom. The number of amides is 2. The Hall–Kier alpha value is -3.50. The molecular weight excluding hydrogens is 425 g/mol. The Bertz CT molecular complexity index is 1140. The number of carbonyl (C=O) groups excluding carboxylic acids is 2. The number of anilines is 1. The number of aromatic nitrogens is 4. The monoisotopic (exact) mass is 448 g/mol. The van der Waals surface area contributed by atoms with E-state index < -0.39 is 17.6 Å². The lowest BCUT2D eigenvalue weighted by atomic mass is 10.1. The molecule has 11 heteroatoms. The minimum absolute atomic E-state index is 0.115. The van der Waals surface area contributed by atoms with Gasteiger partial charge in [-0.1, -0.05) is 12.1 Å². The molecule has 0 unspecified atom stereocenters. The minimum atomic E-state index is -4.60. The van der Waals surface area contributed by atoms with Crippen LogP contribution in [0.25, 0.3) is 5.78 Å². The van der Waals surface area contributed by atoms with Crippen LogP contribution in [0.15, 0.2) is 30.6 Å². The summed E-state index contributed by atoms with van der Waals surface area (Å²) in [6.45, 7) is 5.28. The van der Waals surface area contributed by atoms with E-state index in [0.717, 1.165) is 23.0 Å². The molecule has 32 heavy (non-hydrogen) atoms. The second-order valence-electron chi connectivity index (χ2n) is 7.23. The fourth-order valence-corrected chi connectivity index (χ4v) is 3.49. The molecular formula is C21H23F3N6O2. The van der Waals surface area contributed by atoms with Gasteiger partial charge in [0.2, 0.25) is 11.8 Å². The molecule has 0 saturated carbocycles. The maximum absolute atomic E-state index is 13.1. The number of hydrogen-bond acceptors (Lipinski definition) is 5. The van der Waals surface area contributed by atoms with Gasteiger partial charge in [0, 0.05) is 24.4 Å². The van der Waals surface area contributed by atoms with Gasteiger partial charge in [0.1, 0.15) is 6.33 Å². The number of benzene rings is 1. The molecule has 170 valence electrons. The van der Waals surface area contributed by atoms with Crippen molar-refractivity contribution in [1.82, 2.24) is 24.5 Å². The van der Waals surface area contributed by atoms with E-state index in [4.69, 9.17) is 0 Å². The standard InChI is InChI=1S/C21H23F3N6O2/c1-4-29(11-18(31)28-17-8-6-5-7-16(17)21(22,23)24)19(32)10-9-15-13(2)27-20-25-12-26-30(20)14(15)3/h5-8,12H,4,9-11H2,1-3H3,(H,28,31). The second-order valence-corrected chi connectivity index (χ2v) is 7.23. The van der Waals surface area contributed by atoms with Gasteiger partial charge in [0.25, 0.3) is 5.78 Å². The third kappa shape index (κ3) is 5.04. The average Bonchev–Trinajstić information content (AvgIpc) is 3.19. The molecule has 0 aliphatic rings. The van der Waals surface area contributed by atoms with Crippen LogP contribution in [0.4, 0.5) is 18.9 Å². The maximum Gasteiger partial charge on any atom is 0.418 e. The van der Waals surface area contributed by atoms with Crippen molar-refractivity contribution in [1.29, 1.82) is 0 Å². The average molecular weight is 448 g/mol. The Labute approximate surface area is 182 Å². The Balaban J connectivity index is 1.65. The molecule has 1 N–H and O–H groups in total. The van der Waals surface area contributed by atoms with Crippen LogP contribution in [-0.2, 0) is 22.2 Å². The van der Waals surface area contributed by atoms with Crippen LogP contribution in [0.1, 0.15) is 35.9 Å². The molecule has 8 nitrogen and oxygen atoms in total. The molecule has 0 spiro atoms. The zero-order chi connectivity index (χ0) is 23.5. The minimum Gasteiger partial charge on any atom is -0.334 e. The molecule has 2 heterocycles. The molecule has 3 aromatic rings. The van der Waals surface area contributed by atoms with Gasteiger partial charge in [-0.25, -0.2) is 9.50 Å². The lowest BCUT2D eigenvalue weighted by Gasteiger charge is -2.21. The Morgan fingerprint density at radius 2 is 1.91 bits per heavy atom. The van der Waals surface area contributed by atoms with E-state index in [1.54, 1.807) is 11.4 Å². The number of fused-ring (bicyclic) bond motifs is 1. The highest BCUT2D eigenvalue weighted by atomic mass is 19.4. The molecule has 2 aromatic heterocycles. The number of nitrogens with zero attached hydrogens (tertiary/aromatic N) is 5. The van der Waals surface area contributed by atoms with Gasteiger partial charge in [-0.3, -0.25) is 9.59 Å². The van der Waals surface area contributed by atoms with Crippen molar-refractivity contribution in [3.63, 3.8) is 0 Å². The van der Waals surface area contributed by atoms with Gasteiger partial charge in [0.15, 0.2) is 0 Å². The first-order chi connectivity index (χ1) is 15.1. The first kappa shape index (κ1) is 23.2. The number of rotatable bonds is 7. The SMILES string of the molecule is CCN(CC(=O)Nc1ccccc1C(F)(F)F)C(=O)CCc1c(C)nc2ncnn2c1C. The van der Waals surface area contributed by atoms with E-state index in [9.17, 15) is 22.8 Å². The van der Waals surface area contributed by atoms with Crippen LogP contribution >= 0.6 is 0 Å². The number of alkyl halides is 3. The van der Waals surface area contributed by atoms with Gasteiger partial charge in [0.05, 0.1) is 17.8 Å². The van der Waals surface area contributed by atoms with Gasteiger partial charge < -0.3 is 10.2 Å². The molecule has 0 bridgehead atoms. The highest BCUT2D eigenvalue weighted by molar-refractivity contribution is 5.95. The fourth-order valence-electron chi connectivity index (χ4n) is 3.49. The molecule has 0 aliphatic carbocycles. The molecule has 0 atom stereocenters. The van der Waals surface area contributed by atoms with Crippen molar-refractivity contribution in [3.8, 4) is 0 Å². The normalized spacial score (nSPS) is 11.6. The van der Waals surface area contributed by atoms with Gasteiger partial charge in [-0.05, 0) is 44.9 Å². The van der Waals surface area contributed by atoms with Crippen molar-refractivity contribution in [3.05, 3.63) is 53.1 Å². The summed E-state index contributed by atoms with van der Waals surface area (Å²) >= 11 is 0. The first-order valence-electron chi connectivity index (χ1n) is 10.0. The third-order valence-corrected chi connectivity index (χ3v) is 5.15. The van der Waals surface area contributed by atoms with Gasteiger partial charge >= 0.3 is 6.18 Å². The summed E-state index contributed by atoms with van der Waals surface area (Å²) in [5.41, 5.74) is 1.13. The molecule has 2 amide bonds. The van der Waals surface area contributed by atoms with Crippen LogP contribution in [-0.4, -0.2) is 49.4 Å². The van der Waals surface area contributed by atoms with Crippen molar-refractivity contribution < 1.29 is 22.8 Å². The quantitative estimate of drug-likeness (QED) is 0.599. The van der Waals surface area contributed by atoms with E-state index in [2.05, 4.69) is 20.4 Å². The van der Waals surface area contributed by atoms with Crippen LogP contribution in [0.5, 0.6) is 0 Å². The lowest BCUT2D eigenvalue weighted by Crippen LogP contribution is -2.38. The van der Waals surface area contributed by atoms with E-state index in [1.807, 2.05) is 13.8 Å². The number of likely N-dealkylation sites (N-methyl/N-ethyl adjacent to an activating group) is 1. The fraction of sp³-hybridized carbons (Fsp3) is 0.381. The van der Waals surface area contributed by atoms with Crippen LogP contribution in [0.2, 0.25) is 0 Å². The Kier molecular flexibility index (Phi) is 6.75. The summed E-state index contributed by atoms with van der Waals surface area (Å²) in [4.78, 5) is 34.8. The molecule has 0 aliphatic heterocycles. The number of hydrogen-bond donors (Lipinski definition) is 1. The van der Waals surface area contributed by atoms with E-state index in [1.165, 1.54) is 29.4 Å². The van der Waals surface area contributed by atoms with Gasteiger partial charge in [-0.15, -0.1) is 0 Å². The van der Waals surface area contributed by atoms with E-state index in [0.29, 0.717) is 12.2 Å². The Morgan fingerprint density at radius 1 is 1.19 bits per heavy atom. The largest absolute Gasteiger partial charge is 0.418 e. The number of nitrogens with one attached hydrogen (secondary N) is 1. The van der Waals surface area contributed by atoms with Crippen molar-refractivity contribution in [2.75, 3.05) is 18.4 Å². The number of halogens is 3. The van der Waals surface area contributed by atoms with Crippen LogP contribution in [0, 0.1) is 13.8 Å². The molecule has 0 saturated heterocycles. The lowest BCUT2D eigenvalue weighted by molar-refractivity contribution is -0.137. The predicted octanol–water partition coefficient (Wildman–Crippen LogP) is 3.18. The second kappa shape index (κ2) is 9.33. The highest BCUT2D eigenvalue weighted by Crippen LogP contribution is 2.34. The molecule has 0 fully saturated rings. The smallest absolute Gasteiger partial charge is 0.334 e. The third-order valence-electron chi connectivity index (χ3n) is 5.15. The van der Waals surface area contributed by atoms with Crippen molar-refractivity contribution in [2.24, 2.45) is 0 Å². The summed E-state index contributed by atoms with van der Waals surface area (Å²) in [7, 11) is 0. The zero-order valence-electron chi connectivity index (χ0n) is 17.9. The molecule has 0 radical (unpaired) electrons. The number of carbonyl (C=O) groups is 2. The van der Waals surface area contributed by atoms with Crippen LogP contribution in [0.3, 0.4) is 0 Å². The molecule has 1 aromatic carbocycles. The first-order valence-corrected chi connectivity index (χ1v) is 10.0. The predicted molar refractivity (Wildman–Crippen MR) is 111 cm³/mol. The summed E-state index contributed by atoms with van der Waals surface area (Å²) in [5.74, 6) is -0.514. The summed E-state index contributed by atoms with van der Waals surface area (Å²) in [6, 6.07) is 4.72. The number of aryl methyl sites for hydroxylation is 2. The van der Waals surface area contributed by atoms with Crippen LogP contribution < -0.4 is 5.32 Å². The summed E-state index contributed by atoms with van der Waals surface area (Å²) < 4.78 is 41.0.